The maximum atomic E-state index is 6.76. The number of benzene rings is 2. The Hall–Kier alpha value is -2.03. The average Bonchev–Trinajstić information content (AvgIpc) is 3.10. The van der Waals surface area contributed by atoms with Crippen LogP contribution < -0.4 is 4.74 Å². The summed E-state index contributed by atoms with van der Waals surface area (Å²) in [6.07, 6.45) is 3.23. The average molecular weight is 370 g/mol. The topological polar surface area (TPSA) is 22.1 Å². The highest BCUT2D eigenvalue weighted by Crippen LogP contribution is 2.40. The zero-order chi connectivity index (χ0) is 17.4. The van der Waals surface area contributed by atoms with Crippen molar-refractivity contribution in [3.8, 4) is 28.3 Å². The Morgan fingerprint density at radius 2 is 1.68 bits per heavy atom. The van der Waals surface area contributed by atoms with Gasteiger partial charge in [-0.3, -0.25) is 0 Å². The Balaban J connectivity index is 1.88. The van der Waals surface area contributed by atoms with Gasteiger partial charge in [-0.05, 0) is 37.0 Å². The first kappa shape index (κ1) is 16.4. The smallest absolute Gasteiger partial charge is 0.217 e. The van der Waals surface area contributed by atoms with Crippen molar-refractivity contribution in [2.75, 3.05) is 7.11 Å². The maximum absolute atomic E-state index is 6.76. The van der Waals surface area contributed by atoms with Crippen LogP contribution in [0.4, 0.5) is 0 Å². The van der Waals surface area contributed by atoms with E-state index in [0.29, 0.717) is 15.9 Å². The minimum Gasteiger partial charge on any atom is -0.481 e. The first-order valence-corrected chi connectivity index (χ1v) is 9.05. The molecule has 0 amide bonds. The molecule has 2 nitrogen and oxygen atoms in total. The lowest BCUT2D eigenvalue weighted by atomic mass is 10.00. The molecule has 0 saturated heterocycles. The van der Waals surface area contributed by atoms with Gasteiger partial charge in [-0.25, -0.2) is 4.98 Å². The molecule has 1 aromatic heterocycles. The number of hydrogen-bond acceptors (Lipinski definition) is 2. The van der Waals surface area contributed by atoms with Gasteiger partial charge in [0.2, 0.25) is 5.88 Å². The van der Waals surface area contributed by atoms with Gasteiger partial charge in [0.25, 0.3) is 0 Å². The molecule has 0 bridgehead atoms. The molecular formula is C21H17Cl2NO. The molecule has 1 heterocycles. The van der Waals surface area contributed by atoms with Crippen molar-refractivity contribution < 1.29 is 4.74 Å². The number of hydrogen-bond donors (Lipinski definition) is 0. The molecule has 0 N–H and O–H groups in total. The van der Waals surface area contributed by atoms with Crippen LogP contribution in [0.1, 0.15) is 17.5 Å². The number of rotatable bonds is 3. The number of aryl methyl sites for hydroxylation is 1. The molecule has 25 heavy (non-hydrogen) atoms. The lowest BCUT2D eigenvalue weighted by Gasteiger charge is -2.13. The predicted octanol–water partition coefficient (Wildman–Crippen LogP) is 6.22. The van der Waals surface area contributed by atoms with Crippen LogP contribution in [0.3, 0.4) is 0 Å². The molecule has 0 unspecified atom stereocenters. The van der Waals surface area contributed by atoms with E-state index in [2.05, 4.69) is 6.07 Å². The van der Waals surface area contributed by atoms with E-state index in [1.165, 1.54) is 11.1 Å². The monoisotopic (exact) mass is 369 g/mol. The molecule has 126 valence electrons. The van der Waals surface area contributed by atoms with Crippen LogP contribution in [0.5, 0.6) is 5.88 Å². The summed E-state index contributed by atoms with van der Waals surface area (Å²) in [5, 5.41) is 1.34. The van der Waals surface area contributed by atoms with E-state index in [0.717, 1.165) is 41.6 Å². The van der Waals surface area contributed by atoms with E-state index in [-0.39, 0.29) is 0 Å². The van der Waals surface area contributed by atoms with Gasteiger partial charge in [0, 0.05) is 27.3 Å². The lowest BCUT2D eigenvalue weighted by Crippen LogP contribution is -1.98. The number of methoxy groups -OCH3 is 1. The van der Waals surface area contributed by atoms with Crippen LogP contribution in [-0.4, -0.2) is 12.1 Å². The molecule has 1 aliphatic carbocycles. The molecule has 0 fully saturated rings. The van der Waals surface area contributed by atoms with Crippen LogP contribution in [0.25, 0.3) is 22.4 Å². The fourth-order valence-electron chi connectivity index (χ4n) is 3.47. The van der Waals surface area contributed by atoms with Crippen molar-refractivity contribution in [3.05, 3.63) is 69.7 Å². The lowest BCUT2D eigenvalue weighted by molar-refractivity contribution is 0.394. The van der Waals surface area contributed by atoms with Gasteiger partial charge in [0.15, 0.2) is 0 Å². The van der Waals surface area contributed by atoms with E-state index >= 15 is 0 Å². The molecule has 0 aliphatic heterocycles. The van der Waals surface area contributed by atoms with Crippen molar-refractivity contribution in [2.45, 2.75) is 19.3 Å². The molecule has 2 aromatic carbocycles. The third kappa shape index (κ3) is 2.90. The second-order valence-electron chi connectivity index (χ2n) is 6.15. The first-order valence-electron chi connectivity index (χ1n) is 8.29. The third-order valence-electron chi connectivity index (χ3n) is 4.68. The first-order chi connectivity index (χ1) is 12.2. The minimum atomic E-state index is 0.656. The summed E-state index contributed by atoms with van der Waals surface area (Å²) in [5.74, 6) is 0.712. The summed E-state index contributed by atoms with van der Waals surface area (Å²) in [7, 11) is 1.67. The van der Waals surface area contributed by atoms with E-state index in [1.54, 1.807) is 7.11 Å². The van der Waals surface area contributed by atoms with Gasteiger partial charge >= 0.3 is 0 Å². The fourth-order valence-corrected chi connectivity index (χ4v) is 4.03. The zero-order valence-corrected chi connectivity index (χ0v) is 15.4. The van der Waals surface area contributed by atoms with Crippen molar-refractivity contribution in [1.29, 1.82) is 0 Å². The number of aromatic nitrogens is 1. The van der Waals surface area contributed by atoms with Crippen molar-refractivity contribution >= 4 is 23.2 Å². The van der Waals surface area contributed by atoms with Crippen molar-refractivity contribution in [1.82, 2.24) is 4.98 Å². The summed E-state index contributed by atoms with van der Waals surface area (Å²) in [5.41, 5.74) is 6.10. The van der Waals surface area contributed by atoms with Gasteiger partial charge in [-0.15, -0.1) is 0 Å². The van der Waals surface area contributed by atoms with Crippen molar-refractivity contribution in [3.63, 3.8) is 0 Å². The molecule has 0 atom stereocenters. The summed E-state index contributed by atoms with van der Waals surface area (Å²) >= 11 is 13.1. The zero-order valence-electron chi connectivity index (χ0n) is 13.9. The molecule has 4 rings (SSSR count). The van der Waals surface area contributed by atoms with Gasteiger partial charge in [-0.2, -0.15) is 0 Å². The van der Waals surface area contributed by atoms with Gasteiger partial charge in [-0.1, -0.05) is 59.6 Å². The van der Waals surface area contributed by atoms with E-state index in [1.807, 2.05) is 42.5 Å². The Kier molecular flexibility index (Phi) is 4.41. The van der Waals surface area contributed by atoms with E-state index in [9.17, 15) is 0 Å². The van der Waals surface area contributed by atoms with Crippen LogP contribution >= 0.6 is 23.2 Å². The highest BCUT2D eigenvalue weighted by atomic mass is 35.5. The standard InChI is InChI=1S/C21H17Cl2NO/c1-25-21-14-8-4-6-13(14)12-19(24-21)17-10-5-9-16(20(17)23)15-7-2-3-11-18(15)22/h2-3,5,7,9-12H,4,6,8H2,1H3. The fraction of sp³-hybridized carbons (Fsp3) is 0.190. The minimum absolute atomic E-state index is 0.656. The summed E-state index contributed by atoms with van der Waals surface area (Å²) in [4.78, 5) is 4.71. The Morgan fingerprint density at radius 1 is 0.920 bits per heavy atom. The summed E-state index contributed by atoms with van der Waals surface area (Å²) < 4.78 is 5.52. The van der Waals surface area contributed by atoms with Crippen LogP contribution in [-0.2, 0) is 12.8 Å². The number of pyridine rings is 1. The number of fused-ring (bicyclic) bond motifs is 1. The number of halogens is 2. The van der Waals surface area contributed by atoms with Crippen LogP contribution in [0, 0.1) is 0 Å². The quantitative estimate of drug-likeness (QED) is 0.546. The van der Waals surface area contributed by atoms with E-state index < -0.39 is 0 Å². The summed E-state index contributed by atoms with van der Waals surface area (Å²) in [6.45, 7) is 0. The second kappa shape index (κ2) is 6.70. The van der Waals surface area contributed by atoms with Gasteiger partial charge < -0.3 is 4.74 Å². The highest BCUT2D eigenvalue weighted by Gasteiger charge is 2.20. The largest absolute Gasteiger partial charge is 0.481 e. The molecule has 0 saturated carbocycles. The summed E-state index contributed by atoms with van der Waals surface area (Å²) in [6, 6.07) is 15.8. The second-order valence-corrected chi connectivity index (χ2v) is 6.94. The molecule has 4 heteroatoms. The maximum Gasteiger partial charge on any atom is 0.217 e. The molecule has 1 aliphatic rings. The molecule has 0 radical (unpaired) electrons. The van der Waals surface area contributed by atoms with Gasteiger partial charge in [0.05, 0.1) is 17.8 Å². The number of nitrogens with zero attached hydrogens (tertiary/aromatic N) is 1. The molecular weight excluding hydrogens is 353 g/mol. The van der Waals surface area contributed by atoms with E-state index in [4.69, 9.17) is 32.9 Å². The highest BCUT2D eigenvalue weighted by molar-refractivity contribution is 6.38. The SMILES string of the molecule is COc1nc(-c2cccc(-c3ccccc3Cl)c2Cl)cc2c1CCC2. The molecule has 0 spiro atoms. The molecule has 3 aromatic rings. The van der Waals surface area contributed by atoms with Crippen LogP contribution in [0.2, 0.25) is 10.0 Å². The Bertz CT molecular complexity index is 953. The Morgan fingerprint density at radius 3 is 2.48 bits per heavy atom. The normalized spacial score (nSPS) is 12.9. The van der Waals surface area contributed by atoms with Crippen molar-refractivity contribution in [2.24, 2.45) is 0 Å². The third-order valence-corrected chi connectivity index (χ3v) is 5.42. The van der Waals surface area contributed by atoms with Crippen LogP contribution in [0.15, 0.2) is 48.5 Å². The predicted molar refractivity (Wildman–Crippen MR) is 104 cm³/mol. The Labute approximate surface area is 157 Å². The number of ether oxygens (including phenoxy) is 1. The van der Waals surface area contributed by atoms with Gasteiger partial charge in [0.1, 0.15) is 0 Å².